The molecule has 2 heterocycles. The number of aryl methyl sites for hydroxylation is 1. The predicted octanol–water partition coefficient (Wildman–Crippen LogP) is 2.84. The van der Waals surface area contributed by atoms with Crippen LogP contribution in [0.1, 0.15) is 31.2 Å². The zero-order chi connectivity index (χ0) is 12.9. The summed E-state index contributed by atoms with van der Waals surface area (Å²) in [4.78, 5) is 22.6. The second-order valence-electron chi connectivity index (χ2n) is 5.00. The Kier molecular flexibility index (Phi) is 2.26. The van der Waals surface area contributed by atoms with E-state index in [4.69, 9.17) is 0 Å². The first-order chi connectivity index (χ1) is 8.56. The lowest BCUT2D eigenvalue weighted by molar-refractivity contribution is 0.798. The number of benzene rings is 1. The van der Waals surface area contributed by atoms with Gasteiger partial charge >= 0.3 is 0 Å². The zero-order valence-corrected chi connectivity index (χ0v) is 10.7. The molecule has 0 atom stereocenters. The van der Waals surface area contributed by atoms with E-state index in [1.54, 1.807) is 0 Å². The van der Waals surface area contributed by atoms with Gasteiger partial charge in [-0.25, -0.2) is 4.98 Å². The normalized spacial score (nSPS) is 11.8. The number of hydrogen-bond donors (Lipinski definition) is 2. The minimum absolute atomic E-state index is 0.0805. The van der Waals surface area contributed by atoms with Crippen molar-refractivity contribution in [2.24, 2.45) is 0 Å². The minimum atomic E-state index is -0.0805. The van der Waals surface area contributed by atoms with Gasteiger partial charge in [0.05, 0.1) is 5.52 Å². The predicted molar refractivity (Wildman–Crippen MR) is 73.0 cm³/mol. The largest absolute Gasteiger partial charge is 0.340 e. The molecule has 3 rings (SSSR count). The van der Waals surface area contributed by atoms with Crippen molar-refractivity contribution in [3.8, 4) is 0 Å². The standard InChI is InChI=1S/C14H15N3O/c1-7(2)12-15-11-9-5-4-8(3)6-10(9)14(18)17-13(11)16-12/h4-7H,1-3H3,(H2,15,16,17,18). The molecular weight excluding hydrogens is 226 g/mol. The van der Waals surface area contributed by atoms with E-state index in [-0.39, 0.29) is 5.56 Å². The quantitative estimate of drug-likeness (QED) is 0.688. The van der Waals surface area contributed by atoms with Crippen LogP contribution >= 0.6 is 0 Å². The summed E-state index contributed by atoms with van der Waals surface area (Å²) in [7, 11) is 0. The molecule has 4 nitrogen and oxygen atoms in total. The molecule has 4 heteroatoms. The SMILES string of the molecule is Cc1ccc2c(c1)c(=O)[nH]c1nc(C(C)C)[nH]c12. The molecule has 92 valence electrons. The van der Waals surface area contributed by atoms with E-state index >= 15 is 0 Å². The Balaban J connectivity index is 2.48. The summed E-state index contributed by atoms with van der Waals surface area (Å²) in [6.45, 7) is 6.12. The average molecular weight is 241 g/mol. The number of nitrogens with one attached hydrogen (secondary N) is 2. The lowest BCUT2D eigenvalue weighted by Crippen LogP contribution is -2.06. The summed E-state index contributed by atoms with van der Waals surface area (Å²) in [6.07, 6.45) is 0. The van der Waals surface area contributed by atoms with Crippen LogP contribution in [0, 0.1) is 6.92 Å². The van der Waals surface area contributed by atoms with Crippen molar-refractivity contribution in [1.29, 1.82) is 0 Å². The van der Waals surface area contributed by atoms with Crippen molar-refractivity contribution in [2.75, 3.05) is 0 Å². The number of pyridine rings is 1. The molecule has 0 amide bonds. The number of imidazole rings is 1. The van der Waals surface area contributed by atoms with Crippen molar-refractivity contribution in [2.45, 2.75) is 26.7 Å². The van der Waals surface area contributed by atoms with E-state index < -0.39 is 0 Å². The molecule has 0 unspecified atom stereocenters. The molecule has 18 heavy (non-hydrogen) atoms. The fourth-order valence-corrected chi connectivity index (χ4v) is 2.19. The number of nitrogens with zero attached hydrogens (tertiary/aromatic N) is 1. The van der Waals surface area contributed by atoms with Crippen LogP contribution in [0.2, 0.25) is 0 Å². The van der Waals surface area contributed by atoms with Gasteiger partial charge in [0.15, 0.2) is 5.65 Å². The van der Waals surface area contributed by atoms with Gasteiger partial charge in [-0.15, -0.1) is 0 Å². The molecule has 2 N–H and O–H groups in total. The first kappa shape index (κ1) is 11.0. The van der Waals surface area contributed by atoms with Crippen LogP contribution in [0.25, 0.3) is 21.9 Å². The molecule has 0 aliphatic rings. The van der Waals surface area contributed by atoms with E-state index in [0.717, 1.165) is 22.3 Å². The van der Waals surface area contributed by atoms with Crippen LogP contribution in [-0.2, 0) is 0 Å². The first-order valence-corrected chi connectivity index (χ1v) is 6.08. The summed E-state index contributed by atoms with van der Waals surface area (Å²) in [5.41, 5.74) is 2.55. The zero-order valence-electron chi connectivity index (χ0n) is 10.7. The second-order valence-corrected chi connectivity index (χ2v) is 5.00. The van der Waals surface area contributed by atoms with Gasteiger partial charge in [-0.2, -0.15) is 0 Å². The summed E-state index contributed by atoms with van der Waals surface area (Å²) in [5, 5.41) is 1.64. The molecule has 0 saturated carbocycles. The number of H-pyrrole nitrogens is 2. The Hall–Kier alpha value is -2.10. The van der Waals surface area contributed by atoms with E-state index in [1.807, 2.05) is 25.1 Å². The smallest absolute Gasteiger partial charge is 0.257 e. The van der Waals surface area contributed by atoms with E-state index in [0.29, 0.717) is 17.0 Å². The third-order valence-electron chi connectivity index (χ3n) is 3.19. The maximum atomic E-state index is 12.0. The highest BCUT2D eigenvalue weighted by Gasteiger charge is 2.11. The molecule has 3 aromatic rings. The van der Waals surface area contributed by atoms with Crippen molar-refractivity contribution in [3.05, 3.63) is 39.9 Å². The highest BCUT2D eigenvalue weighted by Crippen LogP contribution is 2.22. The van der Waals surface area contributed by atoms with Crippen molar-refractivity contribution in [3.63, 3.8) is 0 Å². The van der Waals surface area contributed by atoms with Crippen LogP contribution < -0.4 is 5.56 Å². The number of hydrogen-bond acceptors (Lipinski definition) is 2. The molecule has 2 aromatic heterocycles. The Morgan fingerprint density at radius 2 is 1.94 bits per heavy atom. The van der Waals surface area contributed by atoms with Gasteiger partial charge in [0.25, 0.3) is 5.56 Å². The van der Waals surface area contributed by atoms with Crippen LogP contribution in [0.4, 0.5) is 0 Å². The van der Waals surface area contributed by atoms with Crippen molar-refractivity contribution < 1.29 is 0 Å². The van der Waals surface area contributed by atoms with Gasteiger partial charge in [-0.05, 0) is 13.0 Å². The van der Waals surface area contributed by atoms with Crippen LogP contribution in [0.15, 0.2) is 23.0 Å². The van der Waals surface area contributed by atoms with E-state index in [2.05, 4.69) is 28.8 Å². The van der Waals surface area contributed by atoms with Gasteiger partial charge in [-0.1, -0.05) is 31.5 Å². The monoisotopic (exact) mass is 241 g/mol. The van der Waals surface area contributed by atoms with E-state index in [1.165, 1.54) is 0 Å². The molecule has 0 radical (unpaired) electrons. The molecular formula is C14H15N3O. The summed E-state index contributed by atoms with van der Waals surface area (Å²) >= 11 is 0. The fraction of sp³-hybridized carbons (Fsp3) is 0.286. The van der Waals surface area contributed by atoms with Crippen LogP contribution in [-0.4, -0.2) is 15.0 Å². The fourth-order valence-electron chi connectivity index (χ4n) is 2.19. The van der Waals surface area contributed by atoms with E-state index in [9.17, 15) is 4.79 Å². The Morgan fingerprint density at radius 3 is 2.67 bits per heavy atom. The first-order valence-electron chi connectivity index (χ1n) is 6.08. The lowest BCUT2D eigenvalue weighted by Gasteiger charge is -1.99. The maximum absolute atomic E-state index is 12.0. The molecule has 0 bridgehead atoms. The summed E-state index contributed by atoms with van der Waals surface area (Å²) in [5.74, 6) is 1.20. The van der Waals surface area contributed by atoms with Crippen molar-refractivity contribution >= 4 is 21.9 Å². The van der Waals surface area contributed by atoms with Crippen LogP contribution in [0.5, 0.6) is 0 Å². The van der Waals surface area contributed by atoms with Gasteiger partial charge in [0, 0.05) is 16.7 Å². The number of rotatable bonds is 1. The van der Waals surface area contributed by atoms with Crippen molar-refractivity contribution in [1.82, 2.24) is 15.0 Å². The number of aromatic amines is 2. The maximum Gasteiger partial charge on any atom is 0.257 e. The summed E-state index contributed by atoms with van der Waals surface area (Å²) in [6, 6.07) is 5.89. The molecule has 0 saturated heterocycles. The number of fused-ring (bicyclic) bond motifs is 3. The molecule has 0 aliphatic carbocycles. The van der Waals surface area contributed by atoms with Gasteiger partial charge in [0.2, 0.25) is 0 Å². The highest BCUT2D eigenvalue weighted by atomic mass is 16.1. The van der Waals surface area contributed by atoms with Gasteiger partial charge in [-0.3, -0.25) is 4.79 Å². The highest BCUT2D eigenvalue weighted by molar-refractivity contribution is 6.02. The second kappa shape index (κ2) is 3.70. The molecule has 0 spiro atoms. The Labute approximate surface area is 104 Å². The number of aromatic nitrogens is 3. The Bertz CT molecular complexity index is 796. The average Bonchev–Trinajstić information content (AvgIpc) is 2.73. The lowest BCUT2D eigenvalue weighted by atomic mass is 10.1. The van der Waals surface area contributed by atoms with Gasteiger partial charge in [0.1, 0.15) is 5.82 Å². The topological polar surface area (TPSA) is 61.5 Å². The van der Waals surface area contributed by atoms with Gasteiger partial charge < -0.3 is 9.97 Å². The third kappa shape index (κ3) is 1.53. The summed E-state index contributed by atoms with van der Waals surface area (Å²) < 4.78 is 0. The Morgan fingerprint density at radius 1 is 1.17 bits per heavy atom. The minimum Gasteiger partial charge on any atom is -0.340 e. The molecule has 0 fully saturated rings. The third-order valence-corrected chi connectivity index (χ3v) is 3.19. The molecule has 1 aromatic carbocycles. The molecule has 0 aliphatic heterocycles. The van der Waals surface area contributed by atoms with Crippen LogP contribution in [0.3, 0.4) is 0 Å².